The first kappa shape index (κ1) is 33.2. The SMILES string of the molecule is CCCCCCN(CC)c1ccc(OC)c(-c2nnc3c(=Cc4ccc(N(CC)CCOC)cc4C)c(C(C)(C)C)nn23)c1. The van der Waals surface area contributed by atoms with Gasteiger partial charge in [0.1, 0.15) is 5.75 Å². The van der Waals surface area contributed by atoms with Crippen LogP contribution in [0.25, 0.3) is 23.1 Å². The summed E-state index contributed by atoms with van der Waals surface area (Å²) in [5, 5.41) is 15.5. The van der Waals surface area contributed by atoms with Gasteiger partial charge >= 0.3 is 0 Å². The van der Waals surface area contributed by atoms with E-state index in [0.717, 1.165) is 65.3 Å². The van der Waals surface area contributed by atoms with Gasteiger partial charge in [-0.2, -0.15) is 9.61 Å². The molecule has 2 aromatic heterocycles. The zero-order valence-electron chi connectivity index (χ0n) is 28.4. The smallest absolute Gasteiger partial charge is 0.189 e. The second-order valence-electron chi connectivity index (χ2n) is 12.6. The van der Waals surface area contributed by atoms with E-state index in [1.807, 2.05) is 10.6 Å². The van der Waals surface area contributed by atoms with Crippen molar-refractivity contribution in [1.29, 1.82) is 0 Å². The van der Waals surface area contributed by atoms with Crippen LogP contribution in [0.2, 0.25) is 0 Å². The molecule has 238 valence electrons. The summed E-state index contributed by atoms with van der Waals surface area (Å²) in [5.74, 6) is 1.45. The Labute approximate surface area is 264 Å². The molecule has 2 heterocycles. The van der Waals surface area contributed by atoms with Crippen LogP contribution in [0, 0.1) is 6.92 Å². The zero-order valence-corrected chi connectivity index (χ0v) is 28.4. The minimum absolute atomic E-state index is 0.194. The van der Waals surface area contributed by atoms with Gasteiger partial charge in [-0.3, -0.25) is 0 Å². The average Bonchev–Trinajstić information content (AvgIpc) is 3.59. The molecule has 8 nitrogen and oxygen atoms in total. The number of unbranched alkanes of at least 4 members (excludes halogenated alkanes) is 3. The molecule has 0 radical (unpaired) electrons. The van der Waals surface area contributed by atoms with E-state index in [9.17, 15) is 0 Å². The van der Waals surface area contributed by atoms with Gasteiger partial charge in [0.25, 0.3) is 0 Å². The summed E-state index contributed by atoms with van der Waals surface area (Å²) in [5.41, 5.74) is 7.14. The lowest BCUT2D eigenvalue weighted by Crippen LogP contribution is -2.26. The molecule has 0 bridgehead atoms. The topological polar surface area (TPSA) is 68.0 Å². The summed E-state index contributed by atoms with van der Waals surface area (Å²) in [4.78, 5) is 4.76. The van der Waals surface area contributed by atoms with Crippen LogP contribution in [0.5, 0.6) is 5.75 Å². The summed E-state index contributed by atoms with van der Waals surface area (Å²) in [6, 6.07) is 13.0. The minimum Gasteiger partial charge on any atom is -0.496 e. The van der Waals surface area contributed by atoms with Crippen molar-refractivity contribution in [2.75, 3.05) is 56.8 Å². The van der Waals surface area contributed by atoms with Crippen molar-refractivity contribution in [2.24, 2.45) is 0 Å². The van der Waals surface area contributed by atoms with Crippen LogP contribution in [0.4, 0.5) is 11.4 Å². The van der Waals surface area contributed by atoms with Crippen LogP contribution < -0.4 is 19.8 Å². The molecule has 0 aliphatic carbocycles. The molecule has 0 unspecified atom stereocenters. The molecule has 0 spiro atoms. The Morgan fingerprint density at radius 2 is 1.57 bits per heavy atom. The van der Waals surface area contributed by atoms with E-state index in [0.29, 0.717) is 12.4 Å². The van der Waals surface area contributed by atoms with Crippen molar-refractivity contribution < 1.29 is 9.47 Å². The van der Waals surface area contributed by atoms with Gasteiger partial charge in [-0.05, 0) is 74.7 Å². The second-order valence-corrected chi connectivity index (χ2v) is 12.6. The molecule has 2 aromatic carbocycles. The largest absolute Gasteiger partial charge is 0.496 e. The molecule has 0 saturated heterocycles. The molecular formula is C36H52N6O2. The average molecular weight is 601 g/mol. The standard InChI is InChI=1S/C36H52N6O2/c1-10-13-14-15-20-40(11-2)29-18-19-32(44-9)30(25-29)34-37-38-35-31(33(36(5,6)7)39-42(34)35)24-27-16-17-28(23-26(27)4)41(12-3)21-22-43-8/h16-19,23-25H,10-15,20-22H2,1-9H3. The summed E-state index contributed by atoms with van der Waals surface area (Å²) in [6.07, 6.45) is 7.16. The number of likely N-dealkylation sites (N-methyl/N-ethyl adjacent to an activating group) is 1. The van der Waals surface area contributed by atoms with E-state index >= 15 is 0 Å². The maximum atomic E-state index is 5.83. The first-order valence-electron chi connectivity index (χ1n) is 16.2. The fourth-order valence-electron chi connectivity index (χ4n) is 5.77. The van der Waals surface area contributed by atoms with Gasteiger partial charge in [0.2, 0.25) is 0 Å². The number of methoxy groups -OCH3 is 2. The number of aryl methyl sites for hydroxylation is 1. The second kappa shape index (κ2) is 14.9. The van der Waals surface area contributed by atoms with E-state index in [-0.39, 0.29) is 5.41 Å². The Hall–Kier alpha value is -3.65. The first-order chi connectivity index (χ1) is 21.2. The summed E-state index contributed by atoms with van der Waals surface area (Å²) in [6.45, 7) is 19.8. The number of hydrogen-bond acceptors (Lipinski definition) is 7. The highest BCUT2D eigenvalue weighted by atomic mass is 16.5. The highest BCUT2D eigenvalue weighted by molar-refractivity contribution is 5.73. The fraction of sp³-hybridized carbons (Fsp3) is 0.528. The Bertz CT molecular complexity index is 1570. The molecule has 44 heavy (non-hydrogen) atoms. The number of fused-ring (bicyclic) bond motifs is 1. The number of ether oxygens (including phenoxy) is 2. The number of benzene rings is 2. The van der Waals surface area contributed by atoms with Gasteiger partial charge in [0.05, 0.1) is 25.0 Å². The van der Waals surface area contributed by atoms with Crippen LogP contribution >= 0.6 is 0 Å². The van der Waals surface area contributed by atoms with Gasteiger partial charge in [-0.25, -0.2) is 0 Å². The maximum Gasteiger partial charge on any atom is 0.189 e. The molecule has 0 aliphatic heterocycles. The third-order valence-corrected chi connectivity index (χ3v) is 8.36. The Kier molecular flexibility index (Phi) is 11.2. The molecule has 0 amide bonds. The van der Waals surface area contributed by atoms with Gasteiger partial charge < -0.3 is 19.3 Å². The zero-order chi connectivity index (χ0) is 31.9. The Balaban J connectivity index is 1.80. The fourth-order valence-corrected chi connectivity index (χ4v) is 5.77. The van der Waals surface area contributed by atoms with Crippen LogP contribution in [-0.4, -0.2) is 66.8 Å². The lowest BCUT2D eigenvalue weighted by atomic mass is 9.90. The number of rotatable bonds is 15. The third-order valence-electron chi connectivity index (χ3n) is 8.36. The van der Waals surface area contributed by atoms with E-state index in [4.69, 9.17) is 19.7 Å². The van der Waals surface area contributed by atoms with Crippen LogP contribution in [0.1, 0.15) is 84.0 Å². The van der Waals surface area contributed by atoms with Gasteiger partial charge in [-0.15, -0.1) is 10.2 Å². The van der Waals surface area contributed by atoms with Gasteiger partial charge in [0, 0.05) is 55.3 Å². The Morgan fingerprint density at radius 3 is 2.20 bits per heavy atom. The van der Waals surface area contributed by atoms with Crippen molar-refractivity contribution in [2.45, 2.75) is 79.6 Å². The Morgan fingerprint density at radius 1 is 0.864 bits per heavy atom. The quantitative estimate of drug-likeness (QED) is 0.139. The molecule has 4 rings (SSSR count). The molecule has 0 fully saturated rings. The van der Waals surface area contributed by atoms with Crippen LogP contribution in [-0.2, 0) is 10.2 Å². The highest BCUT2D eigenvalue weighted by Crippen LogP contribution is 2.33. The molecular weight excluding hydrogens is 548 g/mol. The van der Waals surface area contributed by atoms with Gasteiger partial charge in [-0.1, -0.05) is 53.0 Å². The summed E-state index contributed by atoms with van der Waals surface area (Å²) in [7, 11) is 3.45. The number of hydrogen-bond donors (Lipinski definition) is 0. The number of nitrogens with zero attached hydrogens (tertiary/aromatic N) is 6. The molecule has 0 aliphatic rings. The number of anilines is 2. The normalized spacial score (nSPS) is 12.3. The maximum absolute atomic E-state index is 5.83. The van der Waals surface area contributed by atoms with E-state index < -0.39 is 0 Å². The van der Waals surface area contributed by atoms with E-state index in [1.165, 1.54) is 36.9 Å². The molecule has 4 aromatic rings. The van der Waals surface area contributed by atoms with Crippen molar-refractivity contribution in [3.63, 3.8) is 0 Å². The highest BCUT2D eigenvalue weighted by Gasteiger charge is 2.25. The predicted octanol–water partition coefficient (Wildman–Crippen LogP) is 6.83. The molecule has 8 heteroatoms. The summed E-state index contributed by atoms with van der Waals surface area (Å²) >= 11 is 0. The molecule has 0 N–H and O–H groups in total. The van der Waals surface area contributed by atoms with E-state index in [1.54, 1.807) is 14.2 Å². The minimum atomic E-state index is -0.194. The van der Waals surface area contributed by atoms with Crippen molar-refractivity contribution in [3.8, 4) is 17.1 Å². The number of aromatic nitrogens is 4. The summed E-state index contributed by atoms with van der Waals surface area (Å²) < 4.78 is 13.1. The van der Waals surface area contributed by atoms with Crippen LogP contribution in [0.15, 0.2) is 36.4 Å². The van der Waals surface area contributed by atoms with Crippen molar-refractivity contribution in [1.82, 2.24) is 19.8 Å². The monoisotopic (exact) mass is 600 g/mol. The first-order valence-corrected chi connectivity index (χ1v) is 16.2. The lowest BCUT2D eigenvalue weighted by Gasteiger charge is -2.24. The van der Waals surface area contributed by atoms with Crippen LogP contribution in [0.3, 0.4) is 0 Å². The third kappa shape index (κ3) is 7.34. The predicted molar refractivity (Wildman–Crippen MR) is 183 cm³/mol. The molecule has 0 saturated carbocycles. The van der Waals surface area contributed by atoms with Crippen molar-refractivity contribution in [3.05, 3.63) is 58.4 Å². The van der Waals surface area contributed by atoms with E-state index in [2.05, 4.69) is 99.8 Å². The van der Waals surface area contributed by atoms with Crippen molar-refractivity contribution >= 4 is 23.1 Å². The lowest BCUT2D eigenvalue weighted by molar-refractivity contribution is 0.205. The van der Waals surface area contributed by atoms with Gasteiger partial charge in [0.15, 0.2) is 11.5 Å². The molecule has 0 atom stereocenters.